The number of hydrogen-bond acceptors (Lipinski definition) is 3. The summed E-state index contributed by atoms with van der Waals surface area (Å²) in [6.07, 6.45) is 4.74. The van der Waals surface area contributed by atoms with E-state index in [0.29, 0.717) is 12.8 Å². The molecule has 30 heavy (non-hydrogen) atoms. The first kappa shape index (κ1) is 20.6. The van der Waals surface area contributed by atoms with Crippen LogP contribution in [0.3, 0.4) is 0 Å². The number of para-hydroxylation sites is 3. The minimum Gasteiger partial charge on any atom is -0.356 e. The molecule has 1 saturated heterocycles. The number of carbonyl (C=O) groups excluding carboxylic acids is 1. The molecule has 1 atom stereocenters. The monoisotopic (exact) mass is 404 g/mol. The molecule has 5 nitrogen and oxygen atoms in total. The Morgan fingerprint density at radius 2 is 1.93 bits per heavy atom. The number of benzene rings is 2. The molecule has 0 bridgehead atoms. The highest BCUT2D eigenvalue weighted by Crippen LogP contribution is 2.22. The summed E-state index contributed by atoms with van der Waals surface area (Å²) in [7, 11) is 0. The van der Waals surface area contributed by atoms with Crippen molar-refractivity contribution in [3.63, 3.8) is 0 Å². The average molecular weight is 405 g/mol. The second-order valence-corrected chi connectivity index (χ2v) is 8.44. The number of fused-ring (bicyclic) bond motifs is 1. The Labute approximate surface area is 179 Å². The minimum atomic E-state index is 0.105. The van der Waals surface area contributed by atoms with Gasteiger partial charge in [-0.25, -0.2) is 4.98 Å². The highest BCUT2D eigenvalue weighted by Gasteiger charge is 2.16. The summed E-state index contributed by atoms with van der Waals surface area (Å²) in [5.74, 6) is 1.84. The first-order chi connectivity index (χ1) is 14.7. The van der Waals surface area contributed by atoms with Crippen molar-refractivity contribution in [2.24, 2.45) is 5.92 Å². The molecule has 5 heteroatoms. The number of aromatic nitrogens is 2. The van der Waals surface area contributed by atoms with Crippen LogP contribution in [0.2, 0.25) is 0 Å². The third-order valence-electron chi connectivity index (χ3n) is 5.93. The number of rotatable bonds is 8. The first-order valence-corrected chi connectivity index (χ1v) is 11.2. The second kappa shape index (κ2) is 9.90. The van der Waals surface area contributed by atoms with Crippen molar-refractivity contribution in [2.75, 3.05) is 26.2 Å². The van der Waals surface area contributed by atoms with Gasteiger partial charge >= 0.3 is 0 Å². The standard InChI is InChI=1S/C25H32N4O/c1-20-9-7-17-28(19-20)18-8-16-26-25(30)15-14-24-27-22-12-5-6-13-23(22)29(24)21-10-3-2-4-11-21/h2-6,10-13,20H,7-9,14-19H2,1H3,(H,26,30). The molecule has 0 saturated carbocycles. The van der Waals surface area contributed by atoms with Gasteiger partial charge in [-0.15, -0.1) is 0 Å². The SMILES string of the molecule is CC1CCCN(CCCNC(=O)CCc2nc3ccccc3n2-c2ccccc2)C1. The number of carbonyl (C=O) groups is 1. The lowest BCUT2D eigenvalue weighted by atomic mass is 10.0. The van der Waals surface area contributed by atoms with Gasteiger partial charge in [0.25, 0.3) is 0 Å². The topological polar surface area (TPSA) is 50.2 Å². The fourth-order valence-corrected chi connectivity index (χ4v) is 4.44. The summed E-state index contributed by atoms with van der Waals surface area (Å²) in [5, 5.41) is 3.09. The predicted octanol–water partition coefficient (Wildman–Crippen LogP) is 4.20. The van der Waals surface area contributed by atoms with Crippen LogP contribution in [-0.4, -0.2) is 46.5 Å². The molecule has 0 spiro atoms. The maximum atomic E-state index is 12.4. The Bertz CT molecular complexity index is 966. The molecule has 1 fully saturated rings. The van der Waals surface area contributed by atoms with Crippen LogP contribution in [0.15, 0.2) is 54.6 Å². The van der Waals surface area contributed by atoms with E-state index in [0.717, 1.165) is 48.0 Å². The fraction of sp³-hybridized carbons (Fsp3) is 0.440. The number of nitrogens with one attached hydrogen (secondary N) is 1. The number of hydrogen-bond donors (Lipinski definition) is 1. The molecule has 2 aromatic carbocycles. The maximum absolute atomic E-state index is 12.4. The van der Waals surface area contributed by atoms with Crippen LogP contribution in [0.25, 0.3) is 16.7 Å². The van der Waals surface area contributed by atoms with E-state index in [1.165, 1.54) is 25.9 Å². The molecule has 0 radical (unpaired) electrons. The van der Waals surface area contributed by atoms with Crippen molar-refractivity contribution in [1.82, 2.24) is 19.8 Å². The summed E-state index contributed by atoms with van der Waals surface area (Å²) < 4.78 is 2.17. The van der Waals surface area contributed by atoms with Gasteiger partial charge in [0, 0.05) is 31.6 Å². The van der Waals surface area contributed by atoms with Crippen molar-refractivity contribution in [3.8, 4) is 5.69 Å². The largest absolute Gasteiger partial charge is 0.356 e. The summed E-state index contributed by atoms with van der Waals surface area (Å²) >= 11 is 0. The van der Waals surface area contributed by atoms with E-state index in [2.05, 4.69) is 39.9 Å². The van der Waals surface area contributed by atoms with Gasteiger partial charge in [0.15, 0.2) is 0 Å². The van der Waals surface area contributed by atoms with Gasteiger partial charge in [0.2, 0.25) is 5.91 Å². The zero-order valence-electron chi connectivity index (χ0n) is 17.9. The van der Waals surface area contributed by atoms with Crippen LogP contribution in [0.4, 0.5) is 0 Å². The molecule has 1 unspecified atom stereocenters. The molecular formula is C25H32N4O. The number of nitrogens with zero attached hydrogens (tertiary/aromatic N) is 3. The molecule has 1 aromatic heterocycles. The number of piperidine rings is 1. The van der Waals surface area contributed by atoms with Gasteiger partial charge < -0.3 is 10.2 Å². The first-order valence-electron chi connectivity index (χ1n) is 11.2. The molecule has 158 valence electrons. The fourth-order valence-electron chi connectivity index (χ4n) is 4.44. The van der Waals surface area contributed by atoms with E-state index in [-0.39, 0.29) is 5.91 Å². The third-order valence-corrected chi connectivity index (χ3v) is 5.93. The van der Waals surface area contributed by atoms with Crippen molar-refractivity contribution in [1.29, 1.82) is 0 Å². The Balaban J connectivity index is 1.32. The Hall–Kier alpha value is -2.66. The van der Waals surface area contributed by atoms with E-state index in [9.17, 15) is 4.79 Å². The second-order valence-electron chi connectivity index (χ2n) is 8.44. The van der Waals surface area contributed by atoms with Gasteiger partial charge in [-0.1, -0.05) is 37.3 Å². The van der Waals surface area contributed by atoms with Crippen LogP contribution < -0.4 is 5.32 Å². The van der Waals surface area contributed by atoms with Gasteiger partial charge in [0.1, 0.15) is 5.82 Å². The molecule has 1 N–H and O–H groups in total. The molecule has 0 aliphatic carbocycles. The molecule has 1 aliphatic rings. The third kappa shape index (κ3) is 5.08. The molecule has 1 amide bonds. The molecule has 3 aromatic rings. The lowest BCUT2D eigenvalue weighted by molar-refractivity contribution is -0.121. The van der Waals surface area contributed by atoms with Crippen LogP contribution in [-0.2, 0) is 11.2 Å². The van der Waals surface area contributed by atoms with Crippen LogP contribution in [0, 0.1) is 5.92 Å². The van der Waals surface area contributed by atoms with E-state index in [1.54, 1.807) is 0 Å². The molecular weight excluding hydrogens is 372 g/mol. The normalized spacial score (nSPS) is 17.3. The average Bonchev–Trinajstić information content (AvgIpc) is 3.14. The van der Waals surface area contributed by atoms with Crippen LogP contribution in [0.1, 0.15) is 38.4 Å². The summed E-state index contributed by atoms with van der Waals surface area (Å²) in [6.45, 7) is 6.56. The van der Waals surface area contributed by atoms with Crippen molar-refractivity contribution in [3.05, 3.63) is 60.4 Å². The van der Waals surface area contributed by atoms with Gasteiger partial charge in [-0.05, 0) is 62.5 Å². The molecule has 1 aliphatic heterocycles. The number of aryl methyl sites for hydroxylation is 1. The van der Waals surface area contributed by atoms with Gasteiger partial charge in [-0.2, -0.15) is 0 Å². The summed E-state index contributed by atoms with van der Waals surface area (Å²) in [4.78, 5) is 19.8. The minimum absolute atomic E-state index is 0.105. The Morgan fingerprint density at radius 1 is 1.13 bits per heavy atom. The zero-order valence-corrected chi connectivity index (χ0v) is 17.9. The number of likely N-dealkylation sites (tertiary alicyclic amines) is 1. The predicted molar refractivity (Wildman–Crippen MR) is 122 cm³/mol. The lowest BCUT2D eigenvalue weighted by Gasteiger charge is -2.30. The highest BCUT2D eigenvalue weighted by atomic mass is 16.1. The molecule has 2 heterocycles. The van der Waals surface area contributed by atoms with E-state index in [4.69, 9.17) is 4.98 Å². The quantitative estimate of drug-likeness (QED) is 0.573. The highest BCUT2D eigenvalue weighted by molar-refractivity contribution is 5.79. The van der Waals surface area contributed by atoms with Crippen molar-refractivity contribution >= 4 is 16.9 Å². The van der Waals surface area contributed by atoms with E-state index < -0.39 is 0 Å². The van der Waals surface area contributed by atoms with Gasteiger partial charge in [-0.3, -0.25) is 9.36 Å². The van der Waals surface area contributed by atoms with E-state index >= 15 is 0 Å². The lowest BCUT2D eigenvalue weighted by Crippen LogP contribution is -2.36. The smallest absolute Gasteiger partial charge is 0.220 e. The Kier molecular flexibility index (Phi) is 6.80. The van der Waals surface area contributed by atoms with Gasteiger partial charge in [0.05, 0.1) is 11.0 Å². The molecule has 4 rings (SSSR count). The van der Waals surface area contributed by atoms with Crippen molar-refractivity contribution < 1.29 is 4.79 Å². The zero-order chi connectivity index (χ0) is 20.8. The van der Waals surface area contributed by atoms with Crippen molar-refractivity contribution in [2.45, 2.75) is 39.0 Å². The Morgan fingerprint density at radius 3 is 2.77 bits per heavy atom. The van der Waals surface area contributed by atoms with Crippen LogP contribution >= 0.6 is 0 Å². The van der Waals surface area contributed by atoms with Crippen LogP contribution in [0.5, 0.6) is 0 Å². The summed E-state index contributed by atoms with van der Waals surface area (Å²) in [6, 6.07) is 18.4. The summed E-state index contributed by atoms with van der Waals surface area (Å²) in [5.41, 5.74) is 3.12. The number of amides is 1. The van der Waals surface area contributed by atoms with E-state index in [1.807, 2.05) is 36.4 Å². The number of imidazole rings is 1. The maximum Gasteiger partial charge on any atom is 0.220 e.